The number of fused-ring (bicyclic) bond motifs is 1. The molecule has 0 spiro atoms. The molecule has 1 unspecified atom stereocenters. The van der Waals surface area contributed by atoms with E-state index in [2.05, 4.69) is 4.98 Å². The van der Waals surface area contributed by atoms with Crippen molar-refractivity contribution in [1.82, 2.24) is 4.98 Å². The number of benzene rings is 1. The molecule has 0 saturated heterocycles. The summed E-state index contributed by atoms with van der Waals surface area (Å²) in [6.45, 7) is 2.20. The summed E-state index contributed by atoms with van der Waals surface area (Å²) >= 11 is 1.54. The van der Waals surface area contributed by atoms with E-state index in [1.807, 2.05) is 31.2 Å². The molecule has 0 aliphatic carbocycles. The molecule has 0 aliphatic rings. The average molecular weight is 223 g/mol. The Balaban J connectivity index is 2.09. The molecule has 0 saturated carbocycles. The Bertz CT molecular complexity index is 408. The van der Waals surface area contributed by atoms with E-state index < -0.39 is 0 Å². The van der Waals surface area contributed by atoms with E-state index in [1.165, 1.54) is 0 Å². The van der Waals surface area contributed by atoms with Crippen LogP contribution in [0.1, 0.15) is 6.92 Å². The standard InChI is InChI=1S/C11H13NO2S/c1-8(6-13)7-15-11-12-9-4-2-3-5-10(9)14-11/h2-5,8,13H,6-7H2,1H3. The number of aliphatic hydroxyl groups is 1. The van der Waals surface area contributed by atoms with Crippen molar-refractivity contribution in [2.24, 2.45) is 5.92 Å². The van der Waals surface area contributed by atoms with E-state index in [0.717, 1.165) is 16.9 Å². The summed E-state index contributed by atoms with van der Waals surface area (Å²) in [5, 5.41) is 9.57. The molecule has 1 aromatic heterocycles. The van der Waals surface area contributed by atoms with E-state index >= 15 is 0 Å². The van der Waals surface area contributed by atoms with E-state index in [-0.39, 0.29) is 12.5 Å². The molecule has 0 amide bonds. The van der Waals surface area contributed by atoms with Gasteiger partial charge in [0.05, 0.1) is 0 Å². The van der Waals surface area contributed by atoms with Crippen LogP contribution in [-0.2, 0) is 0 Å². The number of hydrogen-bond acceptors (Lipinski definition) is 4. The molecule has 3 nitrogen and oxygen atoms in total. The third-order valence-electron chi connectivity index (χ3n) is 2.08. The second kappa shape index (κ2) is 4.68. The fourth-order valence-electron chi connectivity index (χ4n) is 1.18. The number of rotatable bonds is 4. The van der Waals surface area contributed by atoms with Crippen LogP contribution in [0.2, 0.25) is 0 Å². The maximum Gasteiger partial charge on any atom is 0.256 e. The van der Waals surface area contributed by atoms with E-state index in [4.69, 9.17) is 9.52 Å². The topological polar surface area (TPSA) is 46.3 Å². The molecule has 2 aromatic rings. The maximum atomic E-state index is 8.89. The number of para-hydroxylation sites is 2. The van der Waals surface area contributed by atoms with Gasteiger partial charge in [-0.15, -0.1) is 0 Å². The van der Waals surface area contributed by atoms with Crippen molar-refractivity contribution in [3.05, 3.63) is 24.3 Å². The first kappa shape index (κ1) is 10.5. The molecule has 2 rings (SSSR count). The summed E-state index contributed by atoms with van der Waals surface area (Å²) < 4.78 is 5.53. The number of oxazole rings is 1. The second-order valence-electron chi connectivity index (χ2n) is 3.55. The molecule has 0 bridgehead atoms. The first-order valence-corrected chi connectivity index (χ1v) is 5.87. The van der Waals surface area contributed by atoms with Crippen molar-refractivity contribution in [2.45, 2.75) is 12.1 Å². The first-order valence-electron chi connectivity index (χ1n) is 4.89. The van der Waals surface area contributed by atoms with Gasteiger partial charge in [-0.2, -0.15) is 0 Å². The van der Waals surface area contributed by atoms with Gasteiger partial charge in [0.1, 0.15) is 5.52 Å². The third-order valence-corrected chi connectivity index (χ3v) is 3.23. The maximum absolute atomic E-state index is 8.89. The zero-order valence-electron chi connectivity index (χ0n) is 8.51. The Kier molecular flexibility index (Phi) is 3.28. The quantitative estimate of drug-likeness (QED) is 0.809. The van der Waals surface area contributed by atoms with Gasteiger partial charge in [0.25, 0.3) is 5.22 Å². The predicted octanol–water partition coefficient (Wildman–Crippen LogP) is 2.55. The summed E-state index contributed by atoms with van der Waals surface area (Å²) in [6, 6.07) is 7.70. The van der Waals surface area contributed by atoms with Gasteiger partial charge in [0.15, 0.2) is 5.58 Å². The Morgan fingerprint density at radius 1 is 1.47 bits per heavy atom. The lowest BCUT2D eigenvalue weighted by Crippen LogP contribution is -2.02. The van der Waals surface area contributed by atoms with Gasteiger partial charge >= 0.3 is 0 Å². The van der Waals surface area contributed by atoms with Crippen molar-refractivity contribution >= 4 is 22.9 Å². The van der Waals surface area contributed by atoms with E-state index in [1.54, 1.807) is 11.8 Å². The van der Waals surface area contributed by atoms with Crippen LogP contribution in [0, 0.1) is 5.92 Å². The molecule has 4 heteroatoms. The Morgan fingerprint density at radius 2 is 2.27 bits per heavy atom. The minimum atomic E-state index is 0.202. The number of thioether (sulfide) groups is 1. The molecule has 1 aromatic carbocycles. The zero-order chi connectivity index (χ0) is 10.7. The molecule has 15 heavy (non-hydrogen) atoms. The van der Waals surface area contributed by atoms with Gasteiger partial charge in [-0.1, -0.05) is 30.8 Å². The summed E-state index contributed by atoms with van der Waals surface area (Å²) in [4.78, 5) is 4.33. The first-order chi connectivity index (χ1) is 7.29. The van der Waals surface area contributed by atoms with Gasteiger partial charge in [0, 0.05) is 12.4 Å². The van der Waals surface area contributed by atoms with Gasteiger partial charge in [0.2, 0.25) is 0 Å². The van der Waals surface area contributed by atoms with Crippen molar-refractivity contribution in [2.75, 3.05) is 12.4 Å². The van der Waals surface area contributed by atoms with Crippen LogP contribution in [0.3, 0.4) is 0 Å². The lowest BCUT2D eigenvalue weighted by molar-refractivity contribution is 0.250. The summed E-state index contributed by atoms with van der Waals surface area (Å²) in [7, 11) is 0. The van der Waals surface area contributed by atoms with Crippen molar-refractivity contribution in [3.8, 4) is 0 Å². The number of aliphatic hydroxyl groups excluding tert-OH is 1. The summed E-state index contributed by atoms with van der Waals surface area (Å²) in [6.07, 6.45) is 0. The molecule has 1 heterocycles. The minimum Gasteiger partial charge on any atom is -0.431 e. The minimum absolute atomic E-state index is 0.202. The van der Waals surface area contributed by atoms with Crippen LogP contribution in [0.15, 0.2) is 33.9 Å². The van der Waals surface area contributed by atoms with E-state index in [9.17, 15) is 0 Å². The van der Waals surface area contributed by atoms with Gasteiger partial charge in [-0.3, -0.25) is 0 Å². The molecular formula is C11H13NO2S. The average Bonchev–Trinajstić information content (AvgIpc) is 2.68. The highest BCUT2D eigenvalue weighted by Gasteiger charge is 2.07. The van der Waals surface area contributed by atoms with Crippen LogP contribution in [0.5, 0.6) is 0 Å². The van der Waals surface area contributed by atoms with Crippen LogP contribution < -0.4 is 0 Å². The SMILES string of the molecule is CC(CO)CSc1nc2ccccc2o1. The molecule has 1 N–H and O–H groups in total. The highest BCUT2D eigenvalue weighted by molar-refractivity contribution is 7.99. The van der Waals surface area contributed by atoms with Crippen LogP contribution in [0.4, 0.5) is 0 Å². The number of nitrogens with zero attached hydrogens (tertiary/aromatic N) is 1. The lowest BCUT2D eigenvalue weighted by atomic mass is 10.2. The number of hydrogen-bond donors (Lipinski definition) is 1. The van der Waals surface area contributed by atoms with Crippen LogP contribution in [0.25, 0.3) is 11.1 Å². The molecule has 80 valence electrons. The fourth-order valence-corrected chi connectivity index (χ4v) is 2.02. The zero-order valence-corrected chi connectivity index (χ0v) is 9.33. The smallest absolute Gasteiger partial charge is 0.256 e. The van der Waals surface area contributed by atoms with Gasteiger partial charge in [-0.25, -0.2) is 4.98 Å². The van der Waals surface area contributed by atoms with Crippen LogP contribution in [-0.4, -0.2) is 22.5 Å². The highest BCUT2D eigenvalue weighted by atomic mass is 32.2. The second-order valence-corrected chi connectivity index (χ2v) is 4.52. The monoisotopic (exact) mass is 223 g/mol. The van der Waals surface area contributed by atoms with Crippen LogP contribution >= 0.6 is 11.8 Å². The largest absolute Gasteiger partial charge is 0.431 e. The van der Waals surface area contributed by atoms with E-state index in [0.29, 0.717) is 5.22 Å². The Labute approximate surface area is 92.5 Å². The van der Waals surface area contributed by atoms with Crippen molar-refractivity contribution in [1.29, 1.82) is 0 Å². The number of aromatic nitrogens is 1. The molecular weight excluding hydrogens is 210 g/mol. The summed E-state index contributed by atoms with van der Waals surface area (Å²) in [5.41, 5.74) is 1.70. The summed E-state index contributed by atoms with van der Waals surface area (Å²) in [5.74, 6) is 1.09. The molecule has 0 radical (unpaired) electrons. The molecule has 1 atom stereocenters. The van der Waals surface area contributed by atoms with Gasteiger partial charge < -0.3 is 9.52 Å². The normalized spacial score (nSPS) is 13.2. The predicted molar refractivity (Wildman–Crippen MR) is 61.0 cm³/mol. The lowest BCUT2D eigenvalue weighted by Gasteiger charge is -2.03. The highest BCUT2D eigenvalue weighted by Crippen LogP contribution is 2.24. The Morgan fingerprint density at radius 3 is 3.00 bits per heavy atom. The van der Waals surface area contributed by atoms with Crippen molar-refractivity contribution in [3.63, 3.8) is 0 Å². The molecule has 0 aliphatic heterocycles. The third kappa shape index (κ3) is 2.52. The molecule has 0 fully saturated rings. The van der Waals surface area contributed by atoms with Crippen molar-refractivity contribution < 1.29 is 9.52 Å². The fraction of sp³-hybridized carbons (Fsp3) is 0.364. The Hall–Kier alpha value is -1.00. The van der Waals surface area contributed by atoms with Gasteiger partial charge in [-0.05, 0) is 18.1 Å².